The molecule has 0 radical (unpaired) electrons. The van der Waals surface area contributed by atoms with Gasteiger partial charge in [0.1, 0.15) is 4.21 Å². The highest BCUT2D eigenvalue weighted by Gasteiger charge is 2.23. The Hall–Kier alpha value is -2.23. The zero-order valence-electron chi connectivity index (χ0n) is 14.5. The van der Waals surface area contributed by atoms with Crippen LogP contribution in [-0.4, -0.2) is 44.8 Å². The lowest BCUT2D eigenvalue weighted by atomic mass is 10.2. The molecule has 1 heterocycles. The van der Waals surface area contributed by atoms with E-state index in [0.29, 0.717) is 17.9 Å². The maximum absolute atomic E-state index is 12.3. The van der Waals surface area contributed by atoms with E-state index in [-0.39, 0.29) is 10.8 Å². The second kappa shape index (κ2) is 8.93. The minimum absolute atomic E-state index is 0.183. The van der Waals surface area contributed by atoms with Crippen LogP contribution in [0.3, 0.4) is 0 Å². The van der Waals surface area contributed by atoms with Crippen LogP contribution >= 0.6 is 11.3 Å². The number of amides is 1. The number of anilines is 1. The highest BCUT2D eigenvalue weighted by molar-refractivity contribution is 7.91. The molecule has 2 aromatic rings. The molecule has 0 saturated carbocycles. The van der Waals surface area contributed by atoms with Gasteiger partial charge in [-0.3, -0.25) is 4.79 Å². The number of thiophene rings is 1. The number of sulfonamides is 1. The molecule has 0 unspecified atom stereocenters. The molecule has 0 aliphatic heterocycles. The SMILES string of the molecule is CCCOC(=O)c1ccc(NC(=O)CN(C)S(=O)(=O)c2cccs2)cc1. The van der Waals surface area contributed by atoms with E-state index in [1.54, 1.807) is 35.7 Å². The molecule has 1 amide bonds. The van der Waals surface area contributed by atoms with Crippen molar-refractivity contribution in [2.45, 2.75) is 17.6 Å². The van der Waals surface area contributed by atoms with Gasteiger partial charge in [0.15, 0.2) is 0 Å². The summed E-state index contributed by atoms with van der Waals surface area (Å²) in [6.45, 7) is 1.93. The number of hydrogen-bond donors (Lipinski definition) is 1. The third-order valence-corrected chi connectivity index (χ3v) is 6.54. The van der Waals surface area contributed by atoms with E-state index >= 15 is 0 Å². The highest BCUT2D eigenvalue weighted by Crippen LogP contribution is 2.19. The van der Waals surface area contributed by atoms with Crippen LogP contribution in [0.2, 0.25) is 0 Å². The van der Waals surface area contributed by atoms with Crippen molar-refractivity contribution in [3.63, 3.8) is 0 Å². The summed E-state index contributed by atoms with van der Waals surface area (Å²) in [4.78, 5) is 23.8. The number of rotatable bonds is 8. The standard InChI is InChI=1S/C17H20N2O5S2/c1-3-10-24-17(21)13-6-8-14(9-7-13)18-15(20)12-19(2)26(22,23)16-5-4-11-25-16/h4-9,11H,3,10,12H2,1-2H3,(H,18,20). The molecule has 0 saturated heterocycles. The normalized spacial score (nSPS) is 11.3. The lowest BCUT2D eigenvalue weighted by Crippen LogP contribution is -2.34. The molecule has 0 bridgehead atoms. The van der Waals surface area contributed by atoms with E-state index in [2.05, 4.69) is 5.32 Å². The minimum atomic E-state index is -3.68. The van der Waals surface area contributed by atoms with Gasteiger partial charge < -0.3 is 10.1 Å². The summed E-state index contributed by atoms with van der Waals surface area (Å²) < 4.78 is 30.8. The monoisotopic (exact) mass is 396 g/mol. The zero-order valence-corrected chi connectivity index (χ0v) is 16.1. The van der Waals surface area contributed by atoms with Crippen molar-refractivity contribution >= 4 is 38.9 Å². The fourth-order valence-corrected chi connectivity index (χ4v) is 4.35. The molecule has 1 N–H and O–H groups in total. The van der Waals surface area contributed by atoms with Crippen molar-refractivity contribution in [2.24, 2.45) is 0 Å². The predicted molar refractivity (Wildman–Crippen MR) is 99.8 cm³/mol. The van der Waals surface area contributed by atoms with E-state index in [0.717, 1.165) is 22.1 Å². The molecule has 9 heteroatoms. The van der Waals surface area contributed by atoms with Crippen LogP contribution in [0.1, 0.15) is 23.7 Å². The lowest BCUT2D eigenvalue weighted by Gasteiger charge is -2.15. The van der Waals surface area contributed by atoms with E-state index in [1.807, 2.05) is 6.92 Å². The first kappa shape index (κ1) is 20.1. The summed E-state index contributed by atoms with van der Waals surface area (Å²) in [5.41, 5.74) is 0.845. The molecule has 2 rings (SSSR count). The molecular weight excluding hydrogens is 376 g/mol. The van der Waals surface area contributed by atoms with E-state index in [9.17, 15) is 18.0 Å². The number of likely N-dealkylation sites (N-methyl/N-ethyl adjacent to an activating group) is 1. The summed E-state index contributed by atoms with van der Waals surface area (Å²) >= 11 is 1.09. The second-order valence-corrected chi connectivity index (χ2v) is 8.67. The zero-order chi connectivity index (χ0) is 19.2. The van der Waals surface area contributed by atoms with Gasteiger partial charge in [-0.25, -0.2) is 13.2 Å². The number of nitrogens with zero attached hydrogens (tertiary/aromatic N) is 1. The Kier molecular flexibility index (Phi) is 6.90. The first-order valence-corrected chi connectivity index (χ1v) is 10.2. The Morgan fingerprint density at radius 2 is 1.88 bits per heavy atom. The van der Waals surface area contributed by atoms with Gasteiger partial charge in [0.25, 0.3) is 10.0 Å². The molecule has 26 heavy (non-hydrogen) atoms. The number of ether oxygens (including phenoxy) is 1. The molecule has 0 spiro atoms. The van der Waals surface area contributed by atoms with Gasteiger partial charge in [-0.2, -0.15) is 4.31 Å². The van der Waals surface area contributed by atoms with Crippen molar-refractivity contribution in [1.29, 1.82) is 0 Å². The summed E-state index contributed by atoms with van der Waals surface area (Å²) in [6.07, 6.45) is 0.738. The first-order chi connectivity index (χ1) is 12.3. The Labute approximate surface area is 156 Å². The van der Waals surface area contributed by atoms with Crippen LogP contribution in [0, 0.1) is 0 Å². The van der Waals surface area contributed by atoms with Gasteiger partial charge in [-0.1, -0.05) is 13.0 Å². The average molecular weight is 396 g/mol. The Balaban J connectivity index is 1.94. The average Bonchev–Trinajstić information content (AvgIpc) is 3.15. The molecule has 0 aliphatic rings. The summed E-state index contributed by atoms with van der Waals surface area (Å²) in [7, 11) is -2.33. The molecular formula is C17H20N2O5S2. The van der Waals surface area contributed by atoms with Crippen molar-refractivity contribution < 1.29 is 22.7 Å². The van der Waals surface area contributed by atoms with Crippen LogP contribution in [0.4, 0.5) is 5.69 Å². The van der Waals surface area contributed by atoms with Gasteiger partial charge >= 0.3 is 5.97 Å². The smallest absolute Gasteiger partial charge is 0.338 e. The Morgan fingerprint density at radius 1 is 1.19 bits per heavy atom. The fourth-order valence-electron chi connectivity index (χ4n) is 2.02. The number of hydrogen-bond acceptors (Lipinski definition) is 6. The van der Waals surface area contributed by atoms with Crippen LogP contribution in [-0.2, 0) is 19.6 Å². The van der Waals surface area contributed by atoms with Gasteiger partial charge in [0, 0.05) is 12.7 Å². The Bertz CT molecular complexity index is 846. The molecule has 7 nitrogen and oxygen atoms in total. The van der Waals surface area contributed by atoms with Crippen LogP contribution in [0.25, 0.3) is 0 Å². The quantitative estimate of drug-likeness (QED) is 0.692. The molecule has 0 aliphatic carbocycles. The number of nitrogens with one attached hydrogen (secondary N) is 1. The van der Waals surface area contributed by atoms with E-state index < -0.39 is 21.9 Å². The number of carbonyl (C=O) groups excluding carboxylic acids is 2. The third-order valence-electron chi connectivity index (χ3n) is 3.37. The van der Waals surface area contributed by atoms with Gasteiger partial charge in [0.05, 0.1) is 18.7 Å². The van der Waals surface area contributed by atoms with Crippen LogP contribution in [0.5, 0.6) is 0 Å². The van der Waals surface area contributed by atoms with Gasteiger partial charge in [-0.05, 0) is 42.1 Å². The van der Waals surface area contributed by atoms with E-state index in [4.69, 9.17) is 4.74 Å². The summed E-state index contributed by atoms with van der Waals surface area (Å²) in [5, 5.41) is 4.27. The largest absolute Gasteiger partial charge is 0.462 e. The molecule has 0 atom stereocenters. The van der Waals surface area contributed by atoms with Gasteiger partial charge in [-0.15, -0.1) is 11.3 Å². The number of carbonyl (C=O) groups is 2. The molecule has 1 aromatic heterocycles. The first-order valence-electron chi connectivity index (χ1n) is 7.91. The van der Waals surface area contributed by atoms with Crippen molar-refractivity contribution in [2.75, 3.05) is 25.5 Å². The Morgan fingerprint density at radius 3 is 2.46 bits per heavy atom. The topological polar surface area (TPSA) is 92.8 Å². The summed E-state index contributed by atoms with van der Waals surface area (Å²) in [6, 6.07) is 9.34. The summed E-state index contributed by atoms with van der Waals surface area (Å²) in [5.74, 6) is -0.902. The maximum atomic E-state index is 12.3. The molecule has 140 valence electrons. The maximum Gasteiger partial charge on any atom is 0.338 e. The van der Waals surface area contributed by atoms with Crippen LogP contribution < -0.4 is 5.32 Å². The fraction of sp³-hybridized carbons (Fsp3) is 0.294. The van der Waals surface area contributed by atoms with Crippen molar-refractivity contribution in [3.05, 3.63) is 47.3 Å². The second-order valence-electron chi connectivity index (χ2n) is 5.45. The number of benzene rings is 1. The predicted octanol–water partition coefficient (Wildman–Crippen LogP) is 2.57. The van der Waals surface area contributed by atoms with Gasteiger partial charge in [0.2, 0.25) is 5.91 Å². The number of esters is 1. The molecule has 1 aromatic carbocycles. The van der Waals surface area contributed by atoms with E-state index in [1.165, 1.54) is 13.1 Å². The van der Waals surface area contributed by atoms with Crippen molar-refractivity contribution in [1.82, 2.24) is 4.31 Å². The highest BCUT2D eigenvalue weighted by atomic mass is 32.2. The molecule has 0 fully saturated rings. The lowest BCUT2D eigenvalue weighted by molar-refractivity contribution is -0.116. The third kappa shape index (κ3) is 5.13. The minimum Gasteiger partial charge on any atom is -0.462 e. The van der Waals surface area contributed by atoms with Crippen molar-refractivity contribution in [3.8, 4) is 0 Å². The van der Waals surface area contributed by atoms with Crippen LogP contribution in [0.15, 0.2) is 46.0 Å².